The van der Waals surface area contributed by atoms with Crippen LogP contribution in [-0.2, 0) is 0 Å². The Balaban J connectivity index is -0.000000107. The van der Waals surface area contributed by atoms with Crippen molar-refractivity contribution in [3.63, 3.8) is 0 Å². The van der Waals surface area contributed by atoms with Crippen LogP contribution in [0.2, 0.25) is 0 Å². The third-order valence-corrected chi connectivity index (χ3v) is 0.957. The van der Waals surface area contributed by atoms with Gasteiger partial charge in [-0.3, -0.25) is 0 Å². The van der Waals surface area contributed by atoms with Gasteiger partial charge in [-0.2, -0.15) is 4.79 Å². The van der Waals surface area contributed by atoms with Crippen LogP contribution in [-0.4, -0.2) is 22.5 Å². The summed E-state index contributed by atoms with van der Waals surface area (Å²) < 4.78 is 0. The molecular weight excluding hydrogens is 140 g/mol. The fourth-order valence-corrected chi connectivity index (χ4v) is 0.500. The normalized spacial score (nSPS) is 6.20. The molecule has 0 amide bonds. The van der Waals surface area contributed by atoms with Crippen LogP contribution in [0.4, 0.5) is 0 Å². The smallest absolute Gasteiger partial charge is 0.245 e. The summed E-state index contributed by atoms with van der Waals surface area (Å²) in [4.78, 5) is 2.25. The first-order valence-corrected chi connectivity index (χ1v) is 3.43. The Hall–Kier alpha value is -0.403. The van der Waals surface area contributed by atoms with Gasteiger partial charge in [-0.15, -0.1) is 0 Å². The summed E-state index contributed by atoms with van der Waals surface area (Å²) in [6.45, 7) is 7.13. The fourth-order valence-electron chi connectivity index (χ4n) is 0.500. The van der Waals surface area contributed by atoms with E-state index in [2.05, 4.69) is 25.4 Å². The summed E-state index contributed by atoms with van der Waals surface area (Å²) >= 11 is 0. The average Bonchev–Trinajstić information content (AvgIpc) is 1.86. The molecule has 0 saturated carbocycles. The van der Waals surface area contributed by atoms with E-state index in [1.54, 1.807) is 0 Å². The minimum Gasteiger partial charge on any atom is -0.362 e. The van der Waals surface area contributed by atoms with E-state index in [4.69, 9.17) is 5.53 Å². The lowest BCUT2D eigenvalue weighted by atomic mass is 10.2. The van der Waals surface area contributed by atoms with Crippen LogP contribution in [0.25, 0.3) is 5.53 Å². The van der Waals surface area contributed by atoms with Crippen LogP contribution in [0.1, 0.15) is 39.5 Å². The standard InChI is InChI=1S/C6H14.CH2N2.H4Si/c1-3-5-6-4-2;1-3-2;/h3-6H2,1-2H3;1H2;1H4. The van der Waals surface area contributed by atoms with Gasteiger partial charge in [-0.25, -0.2) is 0 Å². The third kappa shape index (κ3) is 49.0. The van der Waals surface area contributed by atoms with Gasteiger partial charge < -0.3 is 5.53 Å². The van der Waals surface area contributed by atoms with Crippen molar-refractivity contribution in [2.24, 2.45) is 0 Å². The Morgan fingerprint density at radius 1 is 1.20 bits per heavy atom. The van der Waals surface area contributed by atoms with Gasteiger partial charge in [-0.1, -0.05) is 39.5 Å². The highest BCUT2D eigenvalue weighted by atomic mass is 28.1. The van der Waals surface area contributed by atoms with Gasteiger partial charge in [0.1, 0.15) is 0 Å². The van der Waals surface area contributed by atoms with Crippen LogP contribution in [0.15, 0.2) is 0 Å². The molecule has 10 heavy (non-hydrogen) atoms. The van der Waals surface area contributed by atoms with E-state index in [1.807, 2.05) is 0 Å². The molecule has 62 valence electrons. The molecule has 3 heteroatoms. The quantitative estimate of drug-likeness (QED) is 0.195. The number of nitrogens with zero attached hydrogens (tertiary/aromatic N) is 2. The second kappa shape index (κ2) is 23.5. The van der Waals surface area contributed by atoms with E-state index < -0.39 is 0 Å². The van der Waals surface area contributed by atoms with Crippen LogP contribution in [0.3, 0.4) is 0 Å². The van der Waals surface area contributed by atoms with Crippen molar-refractivity contribution in [2.75, 3.05) is 0 Å². The zero-order valence-electron chi connectivity index (χ0n) is 6.43. The predicted octanol–water partition coefficient (Wildman–Crippen LogP) is 1.05. The second-order valence-electron chi connectivity index (χ2n) is 1.85. The summed E-state index contributed by atoms with van der Waals surface area (Å²) in [6.07, 6.45) is 5.54. The number of hydrogen-bond donors (Lipinski definition) is 0. The molecule has 0 N–H and O–H groups in total. The molecule has 0 spiro atoms. The molecule has 0 heterocycles. The molecule has 0 aliphatic carbocycles. The summed E-state index contributed by atoms with van der Waals surface area (Å²) in [5.41, 5.74) is 7.08. The van der Waals surface area contributed by atoms with E-state index in [0.29, 0.717) is 0 Å². The lowest BCUT2D eigenvalue weighted by molar-refractivity contribution is 0.0110. The molecule has 0 atom stereocenters. The highest BCUT2D eigenvalue weighted by molar-refractivity contribution is 5.75. The van der Waals surface area contributed by atoms with Gasteiger partial charge in [0, 0.05) is 0 Å². The van der Waals surface area contributed by atoms with Gasteiger partial charge in [0.2, 0.25) is 6.72 Å². The molecule has 0 unspecified atom stereocenters. The minimum atomic E-state index is 0. The summed E-state index contributed by atoms with van der Waals surface area (Å²) in [5, 5.41) is 0. The van der Waals surface area contributed by atoms with Crippen LogP contribution >= 0.6 is 0 Å². The first-order chi connectivity index (χ1) is 4.33. The maximum atomic E-state index is 7.08. The first kappa shape index (κ1) is 16.3. The Morgan fingerprint density at radius 3 is 1.50 bits per heavy atom. The van der Waals surface area contributed by atoms with Crippen molar-refractivity contribution in [2.45, 2.75) is 39.5 Å². The number of hydrogen-bond acceptors (Lipinski definition) is 0. The Labute approximate surface area is 68.3 Å². The largest absolute Gasteiger partial charge is 0.362 e. The molecule has 0 aliphatic rings. The SMILES string of the molecule is C=[N+]=[N-].CCCCCC.[SiH4]. The van der Waals surface area contributed by atoms with Gasteiger partial charge >= 0.3 is 0 Å². The van der Waals surface area contributed by atoms with E-state index in [0.717, 1.165) is 0 Å². The average molecular weight is 160 g/mol. The fraction of sp³-hybridized carbons (Fsp3) is 0.857. The molecular formula is C7H20N2Si. The predicted molar refractivity (Wildman–Crippen MR) is 51.9 cm³/mol. The summed E-state index contributed by atoms with van der Waals surface area (Å²) in [7, 11) is 0. The highest BCUT2D eigenvalue weighted by Crippen LogP contribution is 1.95. The molecule has 0 aliphatic heterocycles. The Morgan fingerprint density at radius 2 is 1.40 bits per heavy atom. The molecule has 0 aromatic rings. The Bertz CT molecular complexity index is 64.0. The Kier molecular flexibility index (Phi) is 38.3. The minimum absolute atomic E-state index is 0. The summed E-state index contributed by atoms with van der Waals surface area (Å²) in [6, 6.07) is 0. The van der Waals surface area contributed by atoms with E-state index in [1.165, 1.54) is 25.7 Å². The number of rotatable bonds is 3. The number of unbranched alkanes of at least 4 members (excludes halogenated alkanes) is 3. The van der Waals surface area contributed by atoms with Gasteiger partial charge in [0.25, 0.3) is 0 Å². The highest BCUT2D eigenvalue weighted by Gasteiger charge is 1.75. The topological polar surface area (TPSA) is 36.4 Å². The van der Waals surface area contributed by atoms with Crippen LogP contribution in [0.5, 0.6) is 0 Å². The molecule has 0 radical (unpaired) electrons. The van der Waals surface area contributed by atoms with E-state index in [9.17, 15) is 0 Å². The molecule has 0 aromatic carbocycles. The van der Waals surface area contributed by atoms with Crippen LogP contribution < -0.4 is 0 Å². The van der Waals surface area contributed by atoms with E-state index in [-0.39, 0.29) is 11.0 Å². The lowest BCUT2D eigenvalue weighted by Gasteiger charge is -1.86. The van der Waals surface area contributed by atoms with Crippen LogP contribution in [0, 0.1) is 0 Å². The van der Waals surface area contributed by atoms with Gasteiger partial charge in [-0.05, 0) is 11.0 Å². The maximum Gasteiger partial charge on any atom is 0.245 e. The zero-order valence-corrected chi connectivity index (χ0v) is 6.43. The third-order valence-electron chi connectivity index (χ3n) is 0.957. The lowest BCUT2D eigenvalue weighted by Crippen LogP contribution is -1.66. The van der Waals surface area contributed by atoms with Crippen molar-refractivity contribution >= 4 is 17.7 Å². The van der Waals surface area contributed by atoms with Crippen molar-refractivity contribution in [3.8, 4) is 0 Å². The van der Waals surface area contributed by atoms with Crippen molar-refractivity contribution in [3.05, 3.63) is 5.53 Å². The second-order valence-corrected chi connectivity index (χ2v) is 1.85. The van der Waals surface area contributed by atoms with Gasteiger partial charge in [0.05, 0.1) is 0 Å². The van der Waals surface area contributed by atoms with E-state index >= 15 is 0 Å². The first-order valence-electron chi connectivity index (χ1n) is 3.43. The maximum absolute atomic E-state index is 7.08. The summed E-state index contributed by atoms with van der Waals surface area (Å²) in [5.74, 6) is 0. The zero-order chi connectivity index (χ0) is 7.54. The van der Waals surface area contributed by atoms with Crippen molar-refractivity contribution < 1.29 is 4.79 Å². The monoisotopic (exact) mass is 160 g/mol. The molecule has 0 aromatic heterocycles. The van der Waals surface area contributed by atoms with Crippen molar-refractivity contribution in [1.82, 2.24) is 0 Å². The molecule has 0 rings (SSSR count). The molecule has 0 bridgehead atoms. The van der Waals surface area contributed by atoms with Gasteiger partial charge in [0.15, 0.2) is 0 Å². The van der Waals surface area contributed by atoms with Crippen molar-refractivity contribution in [1.29, 1.82) is 0 Å². The molecule has 2 nitrogen and oxygen atoms in total. The molecule has 0 fully saturated rings. The molecule has 0 saturated heterocycles.